The predicted molar refractivity (Wildman–Crippen MR) is 95.8 cm³/mol. The summed E-state index contributed by atoms with van der Waals surface area (Å²) in [5.74, 6) is 1.71. The van der Waals surface area contributed by atoms with Crippen molar-refractivity contribution in [3.8, 4) is 11.3 Å². The van der Waals surface area contributed by atoms with Gasteiger partial charge in [-0.3, -0.25) is 9.89 Å². The van der Waals surface area contributed by atoms with E-state index in [1.54, 1.807) is 17.9 Å². The number of carbonyl (C=O) groups excluding carboxylic acids is 1. The van der Waals surface area contributed by atoms with Gasteiger partial charge in [-0.15, -0.1) is 0 Å². The smallest absolute Gasteiger partial charge is 0.260 e. The second-order valence-corrected chi connectivity index (χ2v) is 6.79. The number of nitrogens with one attached hydrogen (secondary N) is 1. The fourth-order valence-electron chi connectivity index (χ4n) is 3.39. The minimum Gasteiger partial charge on any atom is -0.360 e. The number of likely N-dealkylation sites (tertiary alicyclic amines) is 1. The fourth-order valence-corrected chi connectivity index (χ4v) is 3.62. The molecule has 1 unspecified atom stereocenters. The molecule has 4 rings (SSSR count). The average molecular weight is 372 g/mol. The molecule has 0 aliphatic carbocycles. The summed E-state index contributed by atoms with van der Waals surface area (Å²) in [6.45, 7) is 4.23. The highest BCUT2D eigenvalue weighted by Gasteiger charge is 2.36. The van der Waals surface area contributed by atoms with E-state index in [1.165, 1.54) is 0 Å². The van der Waals surface area contributed by atoms with Gasteiger partial charge in [0.2, 0.25) is 0 Å². The van der Waals surface area contributed by atoms with Gasteiger partial charge in [0.05, 0.1) is 11.1 Å². The van der Waals surface area contributed by atoms with Crippen molar-refractivity contribution in [2.45, 2.75) is 32.7 Å². The van der Waals surface area contributed by atoms with Crippen molar-refractivity contribution in [1.29, 1.82) is 0 Å². The van der Waals surface area contributed by atoms with Gasteiger partial charge >= 0.3 is 0 Å². The van der Waals surface area contributed by atoms with E-state index in [1.807, 2.05) is 25.1 Å². The standard InChI is InChI=1S/C18H18ClN5O2/c1-10-15(16(23-26-10)12-6-3-4-7-13(12)19)18(25)24-9-5-8-14(24)17-20-11(2)21-22-17/h3-4,6-7,14H,5,8-9H2,1-2H3,(H,20,21,22). The first-order valence-corrected chi connectivity index (χ1v) is 8.85. The quantitative estimate of drug-likeness (QED) is 0.758. The van der Waals surface area contributed by atoms with Crippen LogP contribution in [0.1, 0.15) is 46.7 Å². The molecule has 1 atom stereocenters. The molecule has 0 spiro atoms. The number of carbonyl (C=O) groups is 1. The molecule has 7 nitrogen and oxygen atoms in total. The topological polar surface area (TPSA) is 87.9 Å². The molecule has 3 heterocycles. The molecule has 1 fully saturated rings. The molecule has 1 aromatic carbocycles. The van der Waals surface area contributed by atoms with E-state index in [9.17, 15) is 4.79 Å². The molecule has 1 amide bonds. The molecule has 26 heavy (non-hydrogen) atoms. The molecule has 1 aliphatic rings. The maximum atomic E-state index is 13.3. The molecule has 0 radical (unpaired) electrons. The van der Waals surface area contributed by atoms with Crippen molar-refractivity contribution < 1.29 is 9.32 Å². The highest BCUT2D eigenvalue weighted by Crippen LogP contribution is 2.36. The van der Waals surface area contributed by atoms with Gasteiger partial charge in [0.25, 0.3) is 5.91 Å². The zero-order chi connectivity index (χ0) is 18.3. The third-order valence-corrected chi connectivity index (χ3v) is 4.96. The van der Waals surface area contributed by atoms with Gasteiger partial charge in [-0.25, -0.2) is 4.98 Å². The first-order chi connectivity index (χ1) is 12.6. The second-order valence-electron chi connectivity index (χ2n) is 6.38. The Morgan fingerprint density at radius 2 is 2.15 bits per heavy atom. The van der Waals surface area contributed by atoms with Gasteiger partial charge in [0.1, 0.15) is 22.8 Å². The zero-order valence-corrected chi connectivity index (χ0v) is 15.2. The Morgan fingerprint density at radius 3 is 2.88 bits per heavy atom. The van der Waals surface area contributed by atoms with Crippen molar-refractivity contribution in [2.24, 2.45) is 0 Å². The van der Waals surface area contributed by atoms with Gasteiger partial charge in [-0.1, -0.05) is 35.0 Å². The Bertz CT molecular complexity index is 964. The Kier molecular flexibility index (Phi) is 4.24. The molecule has 1 aliphatic heterocycles. The van der Waals surface area contributed by atoms with Crippen LogP contribution in [-0.2, 0) is 0 Å². The largest absolute Gasteiger partial charge is 0.360 e. The lowest BCUT2D eigenvalue weighted by atomic mass is 10.0. The first kappa shape index (κ1) is 16.8. The third kappa shape index (κ3) is 2.78. The summed E-state index contributed by atoms with van der Waals surface area (Å²) in [7, 11) is 0. The van der Waals surface area contributed by atoms with E-state index in [4.69, 9.17) is 16.1 Å². The molecular weight excluding hydrogens is 354 g/mol. The Hall–Kier alpha value is -2.67. The zero-order valence-electron chi connectivity index (χ0n) is 14.5. The van der Waals surface area contributed by atoms with Crippen molar-refractivity contribution in [1.82, 2.24) is 25.2 Å². The molecular formula is C18H18ClN5O2. The van der Waals surface area contributed by atoms with E-state index < -0.39 is 0 Å². The number of benzene rings is 1. The number of hydrogen-bond donors (Lipinski definition) is 1. The first-order valence-electron chi connectivity index (χ1n) is 8.47. The summed E-state index contributed by atoms with van der Waals surface area (Å²) in [6, 6.07) is 7.14. The lowest BCUT2D eigenvalue weighted by molar-refractivity contribution is 0.0729. The minimum atomic E-state index is -0.152. The summed E-state index contributed by atoms with van der Waals surface area (Å²) in [5.41, 5.74) is 1.59. The van der Waals surface area contributed by atoms with Gasteiger partial charge in [0.15, 0.2) is 5.82 Å². The lowest BCUT2D eigenvalue weighted by Gasteiger charge is -2.22. The van der Waals surface area contributed by atoms with Crippen LogP contribution in [0.5, 0.6) is 0 Å². The van der Waals surface area contributed by atoms with Crippen molar-refractivity contribution in [3.63, 3.8) is 0 Å². The van der Waals surface area contributed by atoms with Crippen molar-refractivity contribution in [3.05, 3.63) is 52.3 Å². The van der Waals surface area contributed by atoms with Gasteiger partial charge in [0, 0.05) is 12.1 Å². The second kappa shape index (κ2) is 6.57. The Balaban J connectivity index is 1.73. The number of hydrogen-bond acceptors (Lipinski definition) is 5. The fraction of sp³-hybridized carbons (Fsp3) is 0.333. The van der Waals surface area contributed by atoms with Crippen LogP contribution in [0.15, 0.2) is 28.8 Å². The van der Waals surface area contributed by atoms with E-state index in [2.05, 4.69) is 20.3 Å². The maximum absolute atomic E-state index is 13.3. The van der Waals surface area contributed by atoms with E-state index in [0.29, 0.717) is 40.0 Å². The summed E-state index contributed by atoms with van der Waals surface area (Å²) in [6.07, 6.45) is 1.73. The van der Waals surface area contributed by atoms with Crippen LogP contribution < -0.4 is 0 Å². The number of aromatic amines is 1. The summed E-state index contributed by atoms with van der Waals surface area (Å²) in [4.78, 5) is 19.5. The summed E-state index contributed by atoms with van der Waals surface area (Å²) >= 11 is 6.30. The van der Waals surface area contributed by atoms with Gasteiger partial charge in [-0.05, 0) is 32.8 Å². The van der Waals surface area contributed by atoms with Crippen LogP contribution >= 0.6 is 11.6 Å². The van der Waals surface area contributed by atoms with E-state index >= 15 is 0 Å². The number of H-pyrrole nitrogens is 1. The average Bonchev–Trinajstić information content (AvgIpc) is 3.34. The third-order valence-electron chi connectivity index (χ3n) is 4.63. The highest BCUT2D eigenvalue weighted by molar-refractivity contribution is 6.33. The maximum Gasteiger partial charge on any atom is 0.260 e. The lowest BCUT2D eigenvalue weighted by Crippen LogP contribution is -2.31. The van der Waals surface area contributed by atoms with E-state index in [0.717, 1.165) is 18.7 Å². The summed E-state index contributed by atoms with van der Waals surface area (Å²) < 4.78 is 5.34. The molecule has 2 aromatic heterocycles. The Labute approximate surface area is 155 Å². The normalized spacial score (nSPS) is 17.0. The van der Waals surface area contributed by atoms with Crippen LogP contribution in [0.3, 0.4) is 0 Å². The molecule has 1 saturated heterocycles. The van der Waals surface area contributed by atoms with Crippen LogP contribution in [-0.4, -0.2) is 37.7 Å². The molecule has 3 aromatic rings. The monoisotopic (exact) mass is 371 g/mol. The van der Waals surface area contributed by atoms with Gasteiger partial charge < -0.3 is 9.42 Å². The molecule has 8 heteroatoms. The Morgan fingerprint density at radius 1 is 1.35 bits per heavy atom. The SMILES string of the molecule is Cc1nc(C2CCCN2C(=O)c2c(-c3ccccc3Cl)noc2C)n[nH]1. The number of amides is 1. The molecule has 1 N–H and O–H groups in total. The van der Waals surface area contributed by atoms with Crippen molar-refractivity contribution in [2.75, 3.05) is 6.54 Å². The molecule has 0 bridgehead atoms. The number of halogens is 1. The number of rotatable bonds is 3. The van der Waals surface area contributed by atoms with E-state index in [-0.39, 0.29) is 11.9 Å². The van der Waals surface area contributed by atoms with Crippen molar-refractivity contribution >= 4 is 17.5 Å². The minimum absolute atomic E-state index is 0.136. The number of aromatic nitrogens is 4. The van der Waals surface area contributed by atoms with Crippen LogP contribution in [0.25, 0.3) is 11.3 Å². The molecule has 134 valence electrons. The number of aryl methyl sites for hydroxylation is 2. The van der Waals surface area contributed by atoms with Crippen LogP contribution in [0.2, 0.25) is 5.02 Å². The van der Waals surface area contributed by atoms with Gasteiger partial charge in [-0.2, -0.15) is 5.10 Å². The number of nitrogens with zero attached hydrogens (tertiary/aromatic N) is 4. The van der Waals surface area contributed by atoms with Crippen LogP contribution in [0.4, 0.5) is 0 Å². The highest BCUT2D eigenvalue weighted by atomic mass is 35.5. The van der Waals surface area contributed by atoms with Crippen LogP contribution in [0, 0.1) is 13.8 Å². The molecule has 0 saturated carbocycles. The predicted octanol–water partition coefficient (Wildman–Crippen LogP) is 3.71. The summed E-state index contributed by atoms with van der Waals surface area (Å²) in [5, 5.41) is 11.7.